The number of aliphatic hydroxyl groups is 1. The van der Waals surface area contributed by atoms with Crippen molar-refractivity contribution in [3.8, 4) is 12.3 Å². The molecule has 0 aliphatic carbocycles. The average Bonchev–Trinajstić information content (AvgIpc) is 2.46. The van der Waals surface area contributed by atoms with Crippen LogP contribution in [0.3, 0.4) is 0 Å². The lowest BCUT2D eigenvalue weighted by atomic mass is 10.1. The van der Waals surface area contributed by atoms with Crippen LogP contribution in [-0.2, 0) is 0 Å². The van der Waals surface area contributed by atoms with E-state index in [0.29, 0.717) is 0 Å². The molecule has 0 aromatic heterocycles. The van der Waals surface area contributed by atoms with Crippen LogP contribution in [0.5, 0.6) is 0 Å². The molecule has 2 aromatic rings. The van der Waals surface area contributed by atoms with Crippen molar-refractivity contribution >= 4 is 11.8 Å². The molecular formula is C16H14OS. The van der Waals surface area contributed by atoms with Crippen molar-refractivity contribution < 1.29 is 5.11 Å². The highest BCUT2D eigenvalue weighted by Gasteiger charge is 2.20. The summed E-state index contributed by atoms with van der Waals surface area (Å²) < 4.78 is 0. The predicted molar refractivity (Wildman–Crippen MR) is 76.3 cm³/mol. The zero-order chi connectivity index (χ0) is 12.8. The van der Waals surface area contributed by atoms with Crippen LogP contribution in [0.25, 0.3) is 0 Å². The van der Waals surface area contributed by atoms with Gasteiger partial charge in [-0.15, -0.1) is 18.2 Å². The van der Waals surface area contributed by atoms with Crippen LogP contribution >= 0.6 is 11.8 Å². The van der Waals surface area contributed by atoms with Gasteiger partial charge in [-0.25, -0.2) is 0 Å². The fourth-order valence-electron chi connectivity index (χ4n) is 1.69. The summed E-state index contributed by atoms with van der Waals surface area (Å²) in [6.45, 7) is 0. The molecule has 0 amide bonds. The van der Waals surface area contributed by atoms with Gasteiger partial charge in [0, 0.05) is 4.90 Å². The van der Waals surface area contributed by atoms with Gasteiger partial charge in [-0.2, -0.15) is 0 Å². The van der Waals surface area contributed by atoms with E-state index in [0.717, 1.165) is 10.5 Å². The molecule has 1 N–H and O–H groups in total. The van der Waals surface area contributed by atoms with E-state index in [-0.39, 0.29) is 5.25 Å². The molecule has 18 heavy (non-hydrogen) atoms. The SMILES string of the molecule is C#C[C@H](O)[C@H](Sc1ccccc1)c1ccccc1. The van der Waals surface area contributed by atoms with Crippen LogP contribution in [0.4, 0.5) is 0 Å². The third kappa shape index (κ3) is 3.16. The summed E-state index contributed by atoms with van der Waals surface area (Å²) in [5, 5.41) is 9.84. The summed E-state index contributed by atoms with van der Waals surface area (Å²) in [5.41, 5.74) is 1.04. The molecule has 0 aliphatic heterocycles. The molecule has 0 spiro atoms. The Morgan fingerprint density at radius 1 is 0.944 bits per heavy atom. The summed E-state index contributed by atoms with van der Waals surface area (Å²) in [4.78, 5) is 1.10. The molecule has 0 radical (unpaired) electrons. The number of rotatable bonds is 4. The van der Waals surface area contributed by atoms with Crippen LogP contribution in [0.15, 0.2) is 65.6 Å². The molecule has 0 heterocycles. The molecule has 1 nitrogen and oxygen atoms in total. The van der Waals surface area contributed by atoms with Crippen molar-refractivity contribution in [2.24, 2.45) is 0 Å². The molecule has 0 bridgehead atoms. The van der Waals surface area contributed by atoms with E-state index in [9.17, 15) is 5.11 Å². The Labute approximate surface area is 112 Å². The second-order valence-electron chi connectivity index (χ2n) is 3.87. The minimum absolute atomic E-state index is 0.140. The average molecular weight is 254 g/mol. The third-order valence-electron chi connectivity index (χ3n) is 2.59. The van der Waals surface area contributed by atoms with Gasteiger partial charge in [0.1, 0.15) is 6.10 Å². The van der Waals surface area contributed by atoms with E-state index >= 15 is 0 Å². The maximum Gasteiger partial charge on any atom is 0.130 e. The van der Waals surface area contributed by atoms with Gasteiger partial charge in [0.05, 0.1) is 5.25 Å². The van der Waals surface area contributed by atoms with Gasteiger partial charge in [0.25, 0.3) is 0 Å². The van der Waals surface area contributed by atoms with Gasteiger partial charge < -0.3 is 5.11 Å². The van der Waals surface area contributed by atoms with E-state index in [2.05, 4.69) is 5.92 Å². The number of hydrogen-bond donors (Lipinski definition) is 1. The molecule has 2 atom stereocenters. The zero-order valence-electron chi connectivity index (χ0n) is 9.86. The summed E-state index contributed by atoms with van der Waals surface area (Å²) >= 11 is 1.58. The molecule has 0 saturated carbocycles. The van der Waals surface area contributed by atoms with Crippen molar-refractivity contribution in [3.05, 3.63) is 66.2 Å². The monoisotopic (exact) mass is 254 g/mol. The van der Waals surface area contributed by atoms with Crippen molar-refractivity contribution in [3.63, 3.8) is 0 Å². The summed E-state index contributed by atoms with van der Waals surface area (Å²) in [7, 11) is 0. The minimum atomic E-state index is -0.794. The van der Waals surface area contributed by atoms with E-state index in [1.54, 1.807) is 11.8 Å². The lowest BCUT2D eigenvalue weighted by Gasteiger charge is -2.19. The van der Waals surface area contributed by atoms with Crippen molar-refractivity contribution in [1.29, 1.82) is 0 Å². The van der Waals surface area contributed by atoms with Crippen LogP contribution in [0.2, 0.25) is 0 Å². The van der Waals surface area contributed by atoms with Gasteiger partial charge in [-0.05, 0) is 17.7 Å². The van der Waals surface area contributed by atoms with E-state index in [1.165, 1.54) is 0 Å². The van der Waals surface area contributed by atoms with Gasteiger partial charge >= 0.3 is 0 Å². The largest absolute Gasteiger partial charge is 0.379 e. The second kappa shape index (κ2) is 6.30. The molecule has 0 aliphatic rings. The first-order valence-electron chi connectivity index (χ1n) is 5.72. The Morgan fingerprint density at radius 2 is 1.50 bits per heavy atom. The normalized spacial score (nSPS) is 13.6. The van der Waals surface area contributed by atoms with Gasteiger partial charge in [-0.3, -0.25) is 0 Å². The van der Waals surface area contributed by atoms with Gasteiger partial charge in [0.15, 0.2) is 0 Å². The molecule has 0 unspecified atom stereocenters. The lowest BCUT2D eigenvalue weighted by molar-refractivity contribution is 0.230. The van der Waals surface area contributed by atoms with Crippen LogP contribution in [0.1, 0.15) is 10.8 Å². The zero-order valence-corrected chi connectivity index (χ0v) is 10.7. The predicted octanol–water partition coefficient (Wildman–Crippen LogP) is 3.51. The Hall–Kier alpha value is -1.69. The Morgan fingerprint density at radius 3 is 2.06 bits per heavy atom. The van der Waals surface area contributed by atoms with E-state index in [4.69, 9.17) is 6.42 Å². The molecule has 0 saturated heterocycles. The lowest BCUT2D eigenvalue weighted by Crippen LogP contribution is -2.13. The number of aliphatic hydroxyl groups excluding tert-OH is 1. The van der Waals surface area contributed by atoms with Crippen LogP contribution in [0, 0.1) is 12.3 Å². The third-order valence-corrected chi connectivity index (χ3v) is 3.92. The van der Waals surface area contributed by atoms with E-state index < -0.39 is 6.10 Å². The summed E-state index contributed by atoms with van der Waals surface area (Å²) in [6, 6.07) is 19.8. The van der Waals surface area contributed by atoms with Crippen molar-refractivity contribution in [2.75, 3.05) is 0 Å². The number of terminal acetylenes is 1. The van der Waals surface area contributed by atoms with Crippen molar-refractivity contribution in [1.82, 2.24) is 0 Å². The maximum atomic E-state index is 9.98. The standard InChI is InChI=1S/C16H14OS/c1-2-15(17)16(13-9-5-3-6-10-13)18-14-11-7-4-8-12-14/h1,3-12,15-17H/t15-,16+/m0/s1. The topological polar surface area (TPSA) is 20.2 Å². The number of benzene rings is 2. The maximum absolute atomic E-state index is 9.98. The van der Waals surface area contributed by atoms with E-state index in [1.807, 2.05) is 60.7 Å². The summed E-state index contributed by atoms with van der Waals surface area (Å²) in [5.74, 6) is 2.42. The molecular weight excluding hydrogens is 240 g/mol. The first-order valence-corrected chi connectivity index (χ1v) is 6.60. The highest BCUT2D eigenvalue weighted by atomic mass is 32.2. The number of thioether (sulfide) groups is 1. The first-order chi connectivity index (χ1) is 8.81. The Balaban J connectivity index is 2.25. The fraction of sp³-hybridized carbons (Fsp3) is 0.125. The highest BCUT2D eigenvalue weighted by Crippen LogP contribution is 2.37. The van der Waals surface area contributed by atoms with Gasteiger partial charge in [0.2, 0.25) is 0 Å². The summed E-state index contributed by atoms with van der Waals surface area (Å²) in [6.07, 6.45) is 4.56. The first kappa shape index (κ1) is 12.8. The molecule has 0 fully saturated rings. The Kier molecular flexibility index (Phi) is 4.46. The number of hydrogen-bond acceptors (Lipinski definition) is 2. The molecule has 2 aromatic carbocycles. The Bertz CT molecular complexity index is 516. The van der Waals surface area contributed by atoms with Crippen LogP contribution < -0.4 is 0 Å². The highest BCUT2D eigenvalue weighted by molar-refractivity contribution is 7.99. The fourth-order valence-corrected chi connectivity index (χ4v) is 2.80. The quantitative estimate of drug-likeness (QED) is 0.665. The minimum Gasteiger partial charge on any atom is -0.379 e. The van der Waals surface area contributed by atoms with Crippen LogP contribution in [-0.4, -0.2) is 11.2 Å². The molecule has 90 valence electrons. The molecule has 2 heteroatoms. The van der Waals surface area contributed by atoms with Gasteiger partial charge in [-0.1, -0.05) is 54.5 Å². The second-order valence-corrected chi connectivity index (χ2v) is 5.09. The molecule has 2 rings (SSSR count). The smallest absolute Gasteiger partial charge is 0.130 e. The van der Waals surface area contributed by atoms with Crippen molar-refractivity contribution in [2.45, 2.75) is 16.2 Å².